The minimum Gasteiger partial charge on any atom is -0.332 e. The molecule has 0 aliphatic carbocycles. The summed E-state index contributed by atoms with van der Waals surface area (Å²) in [7, 11) is 0. The van der Waals surface area contributed by atoms with Crippen LogP contribution in [0.15, 0.2) is 59.9 Å². The summed E-state index contributed by atoms with van der Waals surface area (Å²) in [6.45, 7) is 9.39. The SMILES string of the molecule is Cc1c(C#Cc2cnn(CCCCCc3cccc4c3CN(C(C)CCC(=O)NC=O)C4=O)c2)sc2c1C(c1ccc(Cl)cc1)=N[C@@H](C)c1nnc(C)n1-2. The van der Waals surface area contributed by atoms with Gasteiger partial charge in [0, 0.05) is 53.5 Å². The highest BCUT2D eigenvalue weighted by Gasteiger charge is 2.33. The number of hydrogen-bond acceptors (Lipinski definition) is 8. The minimum absolute atomic E-state index is 0.00271. The van der Waals surface area contributed by atoms with Gasteiger partial charge < -0.3 is 4.90 Å². The van der Waals surface area contributed by atoms with E-state index in [-0.39, 0.29) is 30.3 Å². The number of fused-ring (bicyclic) bond motifs is 4. The molecule has 5 heterocycles. The molecule has 0 bridgehead atoms. The third-order valence-electron chi connectivity index (χ3n) is 10.2. The Balaban J connectivity index is 0.976. The second-order valence-electron chi connectivity index (χ2n) is 13.8. The average Bonchev–Trinajstić information content (AvgIpc) is 3.92. The summed E-state index contributed by atoms with van der Waals surface area (Å²) in [4.78, 5) is 43.4. The molecule has 7 rings (SSSR count). The van der Waals surface area contributed by atoms with Crippen LogP contribution in [-0.2, 0) is 29.1 Å². The number of carbonyl (C=O) groups is 3. The lowest BCUT2D eigenvalue weighted by Crippen LogP contribution is -2.34. The minimum atomic E-state index is -0.332. The van der Waals surface area contributed by atoms with E-state index in [2.05, 4.69) is 50.0 Å². The van der Waals surface area contributed by atoms with Crippen molar-refractivity contribution in [3.05, 3.63) is 115 Å². The lowest BCUT2D eigenvalue weighted by atomic mass is 9.98. The molecule has 1 N–H and O–H groups in total. The van der Waals surface area contributed by atoms with Crippen LogP contribution < -0.4 is 5.32 Å². The monoisotopic (exact) mass is 760 g/mol. The molecular formula is C41H41ClN8O3S. The van der Waals surface area contributed by atoms with E-state index in [1.54, 1.807) is 11.3 Å². The molecule has 54 heavy (non-hydrogen) atoms. The second kappa shape index (κ2) is 15.9. The fourth-order valence-electron chi connectivity index (χ4n) is 7.18. The molecule has 0 saturated carbocycles. The first kappa shape index (κ1) is 37.0. The van der Waals surface area contributed by atoms with Gasteiger partial charge in [0.15, 0.2) is 5.82 Å². The lowest BCUT2D eigenvalue weighted by molar-refractivity contribution is -0.125. The molecule has 2 aromatic carbocycles. The predicted molar refractivity (Wildman–Crippen MR) is 209 cm³/mol. The smallest absolute Gasteiger partial charge is 0.254 e. The number of aryl methyl sites for hydroxylation is 3. The van der Waals surface area contributed by atoms with E-state index >= 15 is 0 Å². The van der Waals surface area contributed by atoms with Crippen LogP contribution in [0.1, 0.15) is 112 Å². The van der Waals surface area contributed by atoms with Crippen molar-refractivity contribution in [2.45, 2.75) is 91.4 Å². The van der Waals surface area contributed by atoms with Crippen molar-refractivity contribution in [3.8, 4) is 16.8 Å². The number of nitrogens with one attached hydrogen (secondary N) is 1. The van der Waals surface area contributed by atoms with Crippen molar-refractivity contribution >= 4 is 46.9 Å². The third-order valence-corrected chi connectivity index (χ3v) is 11.6. The number of carbonyl (C=O) groups excluding carboxylic acids is 3. The zero-order valence-corrected chi connectivity index (χ0v) is 32.3. The number of rotatable bonds is 12. The summed E-state index contributed by atoms with van der Waals surface area (Å²) in [5.41, 5.74) is 7.86. The maximum Gasteiger partial charge on any atom is 0.254 e. The topological polar surface area (TPSA) is 127 Å². The van der Waals surface area contributed by atoms with Gasteiger partial charge in [-0.3, -0.25) is 33.9 Å². The van der Waals surface area contributed by atoms with Crippen molar-refractivity contribution < 1.29 is 14.4 Å². The van der Waals surface area contributed by atoms with Gasteiger partial charge in [0.25, 0.3) is 5.91 Å². The third kappa shape index (κ3) is 7.52. The molecule has 11 nitrogen and oxygen atoms in total. The summed E-state index contributed by atoms with van der Waals surface area (Å²) >= 11 is 7.86. The van der Waals surface area contributed by atoms with Crippen molar-refractivity contribution in [2.75, 3.05) is 0 Å². The highest BCUT2D eigenvalue weighted by molar-refractivity contribution is 7.15. The van der Waals surface area contributed by atoms with E-state index in [0.717, 1.165) is 92.8 Å². The Labute approximate surface area is 323 Å². The zero-order chi connectivity index (χ0) is 37.9. The molecule has 2 aliphatic rings. The highest BCUT2D eigenvalue weighted by atomic mass is 35.5. The molecule has 0 fully saturated rings. The Morgan fingerprint density at radius 3 is 2.72 bits per heavy atom. The number of aromatic nitrogens is 5. The number of thiophene rings is 1. The van der Waals surface area contributed by atoms with Crippen molar-refractivity contribution in [3.63, 3.8) is 0 Å². The molecule has 276 valence electrons. The molecule has 0 radical (unpaired) electrons. The van der Waals surface area contributed by atoms with Gasteiger partial charge in [0.1, 0.15) is 16.9 Å². The fraction of sp³-hybridized carbons (Fsp3) is 0.341. The van der Waals surface area contributed by atoms with E-state index in [4.69, 9.17) is 16.6 Å². The van der Waals surface area contributed by atoms with Crippen LogP contribution in [0.25, 0.3) is 5.00 Å². The number of hydrogen-bond donors (Lipinski definition) is 1. The van der Waals surface area contributed by atoms with Crippen LogP contribution >= 0.6 is 22.9 Å². The predicted octanol–water partition coefficient (Wildman–Crippen LogP) is 6.92. The molecule has 2 atom stereocenters. The van der Waals surface area contributed by atoms with Crippen molar-refractivity contribution in [1.29, 1.82) is 0 Å². The Morgan fingerprint density at radius 1 is 1.11 bits per heavy atom. The van der Waals surface area contributed by atoms with Gasteiger partial charge >= 0.3 is 0 Å². The van der Waals surface area contributed by atoms with E-state index in [0.29, 0.717) is 24.4 Å². The van der Waals surface area contributed by atoms with E-state index < -0.39 is 0 Å². The van der Waals surface area contributed by atoms with Crippen LogP contribution in [0.5, 0.6) is 0 Å². The molecule has 3 amide bonds. The highest BCUT2D eigenvalue weighted by Crippen LogP contribution is 2.39. The summed E-state index contributed by atoms with van der Waals surface area (Å²) < 4.78 is 4.06. The number of unbranched alkanes of at least 4 members (excludes halogenated alkanes) is 2. The van der Waals surface area contributed by atoms with Gasteiger partial charge in [0.05, 0.1) is 22.3 Å². The normalized spacial score (nSPS) is 15.1. The van der Waals surface area contributed by atoms with Crippen LogP contribution in [0.3, 0.4) is 0 Å². The Morgan fingerprint density at radius 2 is 1.93 bits per heavy atom. The lowest BCUT2D eigenvalue weighted by Gasteiger charge is -2.24. The number of aliphatic imine (C=N–C) groups is 1. The number of halogens is 1. The molecule has 0 spiro atoms. The second-order valence-corrected chi connectivity index (χ2v) is 15.3. The van der Waals surface area contributed by atoms with Crippen molar-refractivity contribution in [2.24, 2.45) is 4.99 Å². The molecule has 13 heteroatoms. The molecule has 2 aliphatic heterocycles. The Bertz CT molecular complexity index is 2330. The number of benzene rings is 2. The molecule has 1 unspecified atom stereocenters. The summed E-state index contributed by atoms with van der Waals surface area (Å²) in [6, 6.07) is 13.5. The van der Waals surface area contributed by atoms with E-state index in [1.165, 1.54) is 5.56 Å². The maximum absolute atomic E-state index is 13.2. The maximum atomic E-state index is 13.2. The van der Waals surface area contributed by atoms with Crippen LogP contribution in [0.2, 0.25) is 5.02 Å². The Kier molecular flexibility index (Phi) is 10.9. The van der Waals surface area contributed by atoms with Gasteiger partial charge in [-0.2, -0.15) is 5.10 Å². The van der Waals surface area contributed by atoms with Gasteiger partial charge in [-0.15, -0.1) is 21.5 Å². The first-order chi connectivity index (χ1) is 26.1. The van der Waals surface area contributed by atoms with Gasteiger partial charge in [-0.25, -0.2) is 0 Å². The van der Waals surface area contributed by atoms with E-state index in [1.807, 2.05) is 79.1 Å². The van der Waals surface area contributed by atoms with Gasteiger partial charge in [0.2, 0.25) is 12.3 Å². The van der Waals surface area contributed by atoms with Crippen LogP contribution in [0, 0.1) is 25.7 Å². The number of imide groups is 1. The quantitative estimate of drug-likeness (QED) is 0.0836. The average molecular weight is 761 g/mol. The molecule has 5 aromatic rings. The van der Waals surface area contributed by atoms with Crippen LogP contribution in [-0.4, -0.2) is 59.4 Å². The molecular weight excluding hydrogens is 720 g/mol. The zero-order valence-electron chi connectivity index (χ0n) is 30.7. The van der Waals surface area contributed by atoms with Gasteiger partial charge in [-0.1, -0.05) is 54.1 Å². The summed E-state index contributed by atoms with van der Waals surface area (Å²) in [5, 5.41) is 17.3. The number of nitrogens with zero attached hydrogens (tertiary/aromatic N) is 7. The largest absolute Gasteiger partial charge is 0.332 e. The summed E-state index contributed by atoms with van der Waals surface area (Å²) in [5.74, 6) is 8.05. The van der Waals surface area contributed by atoms with Crippen LogP contribution in [0.4, 0.5) is 0 Å². The molecule has 0 saturated heterocycles. The van der Waals surface area contributed by atoms with Gasteiger partial charge in [-0.05, 0) is 88.3 Å². The van der Waals surface area contributed by atoms with Crippen molar-refractivity contribution in [1.82, 2.24) is 34.8 Å². The summed E-state index contributed by atoms with van der Waals surface area (Å²) in [6.07, 6.45) is 8.77. The first-order valence-corrected chi connectivity index (χ1v) is 19.4. The first-order valence-electron chi connectivity index (χ1n) is 18.2. The fourth-order valence-corrected chi connectivity index (χ4v) is 8.53. The van der Waals surface area contributed by atoms with E-state index in [9.17, 15) is 14.4 Å². The standard InChI is InChI=1S/C41H41ClN8O3S/c1-25(12-19-36(52)43-24-51)49-23-34-30(10-8-11-33(34)40(49)53)9-6-5-7-20-48-22-29(21-44-48)13-18-35-26(2)37-38(31-14-16-32(42)17-15-31)45-27(3)39-47-46-28(4)50(39)41(37)54-35/h8,10-11,14-17,21-22,24-25,27H,5-7,9,12,19-20,23H2,1-4H3,(H,43,51,52)/t25?,27-/m0/s1. The Hall–Kier alpha value is -5.38. The number of amides is 3. The molecule has 3 aromatic heterocycles.